The number of anilines is 1. The topological polar surface area (TPSA) is 79.0 Å². The average molecular weight is 361 g/mol. The quantitative estimate of drug-likeness (QED) is 0.881. The summed E-state index contributed by atoms with van der Waals surface area (Å²) in [6.45, 7) is 1.65. The molecule has 2 N–H and O–H groups in total. The largest absolute Gasteiger partial charge is 0.328 e. The molecule has 1 aromatic carbocycles. The lowest BCUT2D eigenvalue weighted by atomic mass is 10.2. The number of hydrogen-bond donors (Lipinski definition) is 2. The van der Waals surface area contributed by atoms with Gasteiger partial charge in [-0.25, -0.2) is 12.8 Å². The first-order chi connectivity index (χ1) is 9.29. The number of H-pyrrole nitrogens is 1. The summed E-state index contributed by atoms with van der Waals surface area (Å²) in [7, 11) is -3.88. The second kappa shape index (κ2) is 5.37. The van der Waals surface area contributed by atoms with Crippen LogP contribution in [0.4, 0.5) is 10.1 Å². The first-order valence-corrected chi connectivity index (χ1v) is 7.74. The van der Waals surface area contributed by atoms with Crippen molar-refractivity contribution >= 4 is 31.6 Å². The molecule has 106 valence electrons. The van der Waals surface area contributed by atoms with E-state index < -0.39 is 21.4 Å². The molecule has 0 amide bonds. The molecule has 2 aromatic rings. The molecule has 0 unspecified atom stereocenters. The lowest BCUT2D eigenvalue weighted by molar-refractivity contribution is 0.600. The van der Waals surface area contributed by atoms with Crippen LogP contribution in [0.25, 0.3) is 0 Å². The Hall–Kier alpha value is -1.67. The van der Waals surface area contributed by atoms with Gasteiger partial charge >= 0.3 is 0 Å². The highest BCUT2D eigenvalue weighted by Gasteiger charge is 2.16. The molecular formula is C12H10BrFN2O3S. The zero-order chi connectivity index (χ0) is 14.9. The molecule has 0 bridgehead atoms. The molecular weight excluding hydrogens is 351 g/mol. The molecule has 1 heterocycles. The average Bonchev–Trinajstić information content (AvgIpc) is 2.36. The number of nitrogens with one attached hydrogen (secondary N) is 2. The zero-order valence-electron chi connectivity index (χ0n) is 10.3. The fraction of sp³-hybridized carbons (Fsp3) is 0.0833. The van der Waals surface area contributed by atoms with E-state index in [2.05, 4.69) is 25.6 Å². The Labute approximate surface area is 123 Å². The standard InChI is InChI=1S/C12H10BrFN2O3S/c1-7-4-9(13)10(14)5-11(7)16-20(18,19)8-2-3-12(17)15-6-8/h2-6,16H,1H3,(H,15,17). The molecule has 0 radical (unpaired) electrons. The van der Waals surface area contributed by atoms with E-state index in [1.807, 2.05) is 0 Å². The summed E-state index contributed by atoms with van der Waals surface area (Å²) in [4.78, 5) is 13.1. The highest BCUT2D eigenvalue weighted by Crippen LogP contribution is 2.25. The number of sulfonamides is 1. The van der Waals surface area contributed by atoms with Crippen LogP contribution in [0.3, 0.4) is 0 Å². The van der Waals surface area contributed by atoms with Crippen molar-refractivity contribution < 1.29 is 12.8 Å². The Morgan fingerprint density at radius 2 is 2.00 bits per heavy atom. The Balaban J connectivity index is 2.40. The van der Waals surface area contributed by atoms with E-state index >= 15 is 0 Å². The van der Waals surface area contributed by atoms with Gasteiger partial charge in [0.2, 0.25) is 5.56 Å². The molecule has 0 aliphatic carbocycles. The molecule has 2 rings (SSSR count). The van der Waals surface area contributed by atoms with Crippen molar-refractivity contribution in [2.24, 2.45) is 0 Å². The minimum Gasteiger partial charge on any atom is -0.328 e. The number of pyridine rings is 1. The van der Waals surface area contributed by atoms with Crippen LogP contribution >= 0.6 is 15.9 Å². The maximum atomic E-state index is 13.5. The SMILES string of the molecule is Cc1cc(Br)c(F)cc1NS(=O)(=O)c1ccc(=O)[nH]c1. The van der Waals surface area contributed by atoms with Gasteiger partial charge in [0, 0.05) is 12.3 Å². The van der Waals surface area contributed by atoms with Crippen LogP contribution in [0.1, 0.15) is 5.56 Å². The number of aromatic amines is 1. The zero-order valence-corrected chi connectivity index (χ0v) is 12.7. The third-order valence-corrected chi connectivity index (χ3v) is 4.55. The fourth-order valence-electron chi connectivity index (χ4n) is 1.52. The second-order valence-electron chi connectivity index (χ2n) is 4.08. The van der Waals surface area contributed by atoms with Crippen LogP contribution in [0.2, 0.25) is 0 Å². The van der Waals surface area contributed by atoms with Gasteiger partial charge in [0.05, 0.1) is 10.2 Å². The van der Waals surface area contributed by atoms with E-state index in [4.69, 9.17) is 0 Å². The lowest BCUT2D eigenvalue weighted by Gasteiger charge is -2.11. The smallest absolute Gasteiger partial charge is 0.263 e. The predicted molar refractivity (Wildman–Crippen MR) is 76.7 cm³/mol. The van der Waals surface area contributed by atoms with Crippen LogP contribution in [0, 0.1) is 12.7 Å². The van der Waals surface area contributed by atoms with Gasteiger partial charge in [-0.2, -0.15) is 0 Å². The fourth-order valence-corrected chi connectivity index (χ4v) is 3.07. The maximum absolute atomic E-state index is 13.5. The number of aromatic nitrogens is 1. The monoisotopic (exact) mass is 360 g/mol. The normalized spacial score (nSPS) is 11.3. The van der Waals surface area contributed by atoms with Crippen LogP contribution in [0.5, 0.6) is 0 Å². The first kappa shape index (κ1) is 14.7. The minimum atomic E-state index is -3.88. The van der Waals surface area contributed by atoms with Gasteiger partial charge in [-0.3, -0.25) is 9.52 Å². The maximum Gasteiger partial charge on any atom is 0.263 e. The van der Waals surface area contributed by atoms with Gasteiger partial charge in [0.15, 0.2) is 0 Å². The third kappa shape index (κ3) is 3.07. The molecule has 0 spiro atoms. The summed E-state index contributed by atoms with van der Waals surface area (Å²) < 4.78 is 40.2. The van der Waals surface area contributed by atoms with Gasteiger partial charge in [0.25, 0.3) is 10.0 Å². The van der Waals surface area contributed by atoms with Crippen LogP contribution < -0.4 is 10.3 Å². The summed E-state index contributed by atoms with van der Waals surface area (Å²) >= 11 is 3.02. The van der Waals surface area contributed by atoms with Crippen molar-refractivity contribution in [1.82, 2.24) is 4.98 Å². The number of aryl methyl sites for hydroxylation is 1. The minimum absolute atomic E-state index is 0.111. The Bertz CT molecular complexity index is 797. The highest BCUT2D eigenvalue weighted by atomic mass is 79.9. The summed E-state index contributed by atoms with van der Waals surface area (Å²) in [5, 5.41) is 0. The summed E-state index contributed by atoms with van der Waals surface area (Å²) in [5.41, 5.74) is 0.290. The number of benzene rings is 1. The first-order valence-electron chi connectivity index (χ1n) is 5.47. The molecule has 0 aliphatic rings. The van der Waals surface area contributed by atoms with Crippen molar-refractivity contribution in [2.75, 3.05) is 4.72 Å². The van der Waals surface area contributed by atoms with Crippen LogP contribution in [0.15, 0.2) is 44.6 Å². The van der Waals surface area contributed by atoms with E-state index in [0.29, 0.717) is 5.56 Å². The molecule has 0 atom stereocenters. The van der Waals surface area contributed by atoms with E-state index in [-0.39, 0.29) is 15.1 Å². The summed E-state index contributed by atoms with van der Waals surface area (Å²) in [6.07, 6.45) is 1.08. The van der Waals surface area contributed by atoms with E-state index in [1.54, 1.807) is 6.92 Å². The molecule has 0 fully saturated rings. The Morgan fingerprint density at radius 1 is 1.30 bits per heavy atom. The van der Waals surface area contributed by atoms with E-state index in [0.717, 1.165) is 18.3 Å². The molecule has 0 saturated carbocycles. The third-order valence-electron chi connectivity index (χ3n) is 2.58. The van der Waals surface area contributed by atoms with Gasteiger partial charge in [-0.1, -0.05) is 0 Å². The van der Waals surface area contributed by atoms with Crippen molar-refractivity contribution in [3.8, 4) is 0 Å². The van der Waals surface area contributed by atoms with Crippen molar-refractivity contribution in [3.63, 3.8) is 0 Å². The van der Waals surface area contributed by atoms with Gasteiger partial charge in [-0.05, 0) is 46.6 Å². The van der Waals surface area contributed by atoms with E-state index in [1.165, 1.54) is 12.1 Å². The second-order valence-corrected chi connectivity index (χ2v) is 6.61. The van der Waals surface area contributed by atoms with Gasteiger partial charge in [-0.15, -0.1) is 0 Å². The van der Waals surface area contributed by atoms with E-state index in [9.17, 15) is 17.6 Å². The molecule has 5 nitrogen and oxygen atoms in total. The summed E-state index contributed by atoms with van der Waals surface area (Å²) in [5.74, 6) is -0.574. The Morgan fingerprint density at radius 3 is 2.60 bits per heavy atom. The molecule has 0 saturated heterocycles. The predicted octanol–water partition coefficient (Wildman–Crippen LogP) is 2.39. The number of rotatable bonds is 3. The molecule has 8 heteroatoms. The van der Waals surface area contributed by atoms with Crippen molar-refractivity contribution in [2.45, 2.75) is 11.8 Å². The molecule has 20 heavy (non-hydrogen) atoms. The summed E-state index contributed by atoms with van der Waals surface area (Å²) in [6, 6.07) is 4.83. The van der Waals surface area contributed by atoms with Gasteiger partial charge < -0.3 is 4.98 Å². The molecule has 0 aliphatic heterocycles. The lowest BCUT2D eigenvalue weighted by Crippen LogP contribution is -2.16. The van der Waals surface area contributed by atoms with Crippen LogP contribution in [-0.4, -0.2) is 13.4 Å². The van der Waals surface area contributed by atoms with Crippen LogP contribution in [-0.2, 0) is 10.0 Å². The number of hydrogen-bond acceptors (Lipinski definition) is 3. The Kier molecular flexibility index (Phi) is 3.96. The molecule has 1 aromatic heterocycles. The van der Waals surface area contributed by atoms with Gasteiger partial charge in [0.1, 0.15) is 10.7 Å². The van der Waals surface area contributed by atoms with Crippen molar-refractivity contribution in [3.05, 3.63) is 56.7 Å². The van der Waals surface area contributed by atoms with Crippen molar-refractivity contribution in [1.29, 1.82) is 0 Å². The number of halogens is 2. The highest BCUT2D eigenvalue weighted by molar-refractivity contribution is 9.10.